The summed E-state index contributed by atoms with van der Waals surface area (Å²) in [5.41, 5.74) is 2.71. The van der Waals surface area contributed by atoms with Crippen molar-refractivity contribution in [1.29, 1.82) is 0 Å². The monoisotopic (exact) mass is 309 g/mol. The molecule has 0 aliphatic heterocycles. The molecular weight excluding hydrogens is 286 g/mol. The van der Waals surface area contributed by atoms with Gasteiger partial charge in [0.15, 0.2) is 0 Å². The molecule has 1 aromatic carbocycles. The second-order valence-electron chi connectivity index (χ2n) is 5.65. The normalized spacial score (nSPS) is 18.8. The van der Waals surface area contributed by atoms with Gasteiger partial charge in [-0.2, -0.15) is 0 Å². The minimum absolute atomic E-state index is 0.647. The molecule has 1 fully saturated rings. The summed E-state index contributed by atoms with van der Waals surface area (Å²) in [6, 6.07) is 7.27. The van der Waals surface area contributed by atoms with Crippen LogP contribution in [-0.2, 0) is 6.54 Å². The van der Waals surface area contributed by atoms with E-state index in [1.54, 1.807) is 0 Å². The first kappa shape index (κ1) is 14.1. The van der Waals surface area contributed by atoms with E-state index < -0.39 is 0 Å². The summed E-state index contributed by atoms with van der Waals surface area (Å²) < 4.78 is 1.20. The molecule has 0 aromatic heterocycles. The Bertz CT molecular complexity index is 383. The lowest BCUT2D eigenvalue weighted by molar-refractivity contribution is 0.280. The molecule has 1 nitrogen and oxygen atoms in total. The van der Waals surface area contributed by atoms with Crippen LogP contribution in [0.2, 0.25) is 0 Å². The Kier molecular flexibility index (Phi) is 5.25. The summed E-state index contributed by atoms with van der Waals surface area (Å²) in [4.78, 5) is 0. The molecule has 100 valence electrons. The van der Waals surface area contributed by atoms with Crippen LogP contribution in [0.15, 0.2) is 22.7 Å². The van der Waals surface area contributed by atoms with E-state index in [0.717, 1.165) is 12.5 Å². The zero-order chi connectivity index (χ0) is 13.0. The van der Waals surface area contributed by atoms with E-state index in [4.69, 9.17) is 0 Å². The molecular formula is C16H24BrN. The van der Waals surface area contributed by atoms with E-state index in [9.17, 15) is 0 Å². The molecule has 2 heteroatoms. The van der Waals surface area contributed by atoms with E-state index in [2.05, 4.69) is 53.3 Å². The van der Waals surface area contributed by atoms with Crippen molar-refractivity contribution >= 4 is 15.9 Å². The lowest BCUT2D eigenvalue weighted by Gasteiger charge is -2.28. The van der Waals surface area contributed by atoms with E-state index in [1.807, 2.05) is 0 Å². The zero-order valence-corrected chi connectivity index (χ0v) is 13.1. The van der Waals surface area contributed by atoms with Crippen LogP contribution in [0, 0.1) is 12.8 Å². The number of hydrogen-bond donors (Lipinski definition) is 1. The van der Waals surface area contributed by atoms with Crippen molar-refractivity contribution in [2.24, 2.45) is 5.92 Å². The molecule has 0 saturated heterocycles. The maximum atomic E-state index is 3.70. The van der Waals surface area contributed by atoms with Gasteiger partial charge in [-0.3, -0.25) is 0 Å². The summed E-state index contributed by atoms with van der Waals surface area (Å²) in [5, 5.41) is 3.70. The fourth-order valence-corrected chi connectivity index (χ4v) is 3.14. The van der Waals surface area contributed by atoms with Gasteiger partial charge in [0.05, 0.1) is 0 Å². The molecule has 0 amide bonds. The number of halogens is 1. The van der Waals surface area contributed by atoms with Crippen molar-refractivity contribution in [3.8, 4) is 0 Å². The molecule has 1 saturated carbocycles. The van der Waals surface area contributed by atoms with Gasteiger partial charge >= 0.3 is 0 Å². The van der Waals surface area contributed by atoms with Gasteiger partial charge in [0.25, 0.3) is 0 Å². The predicted octanol–water partition coefficient (Wildman–Crippen LogP) is 4.82. The average molecular weight is 310 g/mol. The van der Waals surface area contributed by atoms with Crippen molar-refractivity contribution in [2.75, 3.05) is 0 Å². The number of benzene rings is 1. The fourth-order valence-electron chi connectivity index (χ4n) is 2.90. The third kappa shape index (κ3) is 3.83. The zero-order valence-electron chi connectivity index (χ0n) is 11.5. The van der Waals surface area contributed by atoms with Crippen LogP contribution >= 0.6 is 15.9 Å². The molecule has 1 aromatic rings. The van der Waals surface area contributed by atoms with Gasteiger partial charge in [-0.25, -0.2) is 0 Å². The molecule has 2 rings (SSSR count). The number of hydrogen-bond acceptors (Lipinski definition) is 1. The summed E-state index contributed by atoms with van der Waals surface area (Å²) in [7, 11) is 0. The van der Waals surface area contributed by atoms with Crippen LogP contribution in [0.1, 0.15) is 50.2 Å². The average Bonchev–Trinajstić information content (AvgIpc) is 2.41. The van der Waals surface area contributed by atoms with Crippen LogP contribution in [0.3, 0.4) is 0 Å². The lowest BCUT2D eigenvalue weighted by Crippen LogP contribution is -2.34. The van der Waals surface area contributed by atoms with Crippen molar-refractivity contribution < 1.29 is 0 Å². The minimum atomic E-state index is 0.647. The first-order valence-electron chi connectivity index (χ1n) is 7.15. The Morgan fingerprint density at radius 1 is 1.28 bits per heavy atom. The highest BCUT2D eigenvalue weighted by Crippen LogP contribution is 2.26. The highest BCUT2D eigenvalue weighted by atomic mass is 79.9. The summed E-state index contributed by atoms with van der Waals surface area (Å²) in [6.45, 7) is 5.49. The van der Waals surface area contributed by atoms with Gasteiger partial charge in [-0.15, -0.1) is 0 Å². The topological polar surface area (TPSA) is 12.0 Å². The van der Waals surface area contributed by atoms with Crippen LogP contribution in [-0.4, -0.2) is 6.04 Å². The Balaban J connectivity index is 1.84. The van der Waals surface area contributed by atoms with Crippen molar-refractivity contribution in [2.45, 2.75) is 58.5 Å². The molecule has 18 heavy (non-hydrogen) atoms. The van der Waals surface area contributed by atoms with Gasteiger partial charge in [0.2, 0.25) is 0 Å². The van der Waals surface area contributed by atoms with Gasteiger partial charge < -0.3 is 5.32 Å². The third-order valence-corrected chi connectivity index (χ3v) is 5.10. The van der Waals surface area contributed by atoms with Gasteiger partial charge in [-0.05, 0) is 49.8 Å². The molecule has 1 atom stereocenters. The smallest absolute Gasteiger partial charge is 0.0208 e. The molecule has 0 radical (unpaired) electrons. The Morgan fingerprint density at radius 3 is 2.67 bits per heavy atom. The number of rotatable bonds is 4. The highest BCUT2D eigenvalue weighted by molar-refractivity contribution is 9.10. The van der Waals surface area contributed by atoms with Gasteiger partial charge in [-0.1, -0.05) is 47.3 Å². The number of nitrogens with one attached hydrogen (secondary N) is 1. The van der Waals surface area contributed by atoms with E-state index >= 15 is 0 Å². The quantitative estimate of drug-likeness (QED) is 0.841. The predicted molar refractivity (Wildman–Crippen MR) is 81.8 cm³/mol. The molecule has 0 heterocycles. The first-order chi connectivity index (χ1) is 8.66. The summed E-state index contributed by atoms with van der Waals surface area (Å²) in [5.74, 6) is 0.885. The SMILES string of the molecule is Cc1cc(CNC(C)C2CCCCC2)ccc1Br. The molecule has 1 N–H and O–H groups in total. The van der Waals surface area contributed by atoms with Gasteiger partial charge in [0.1, 0.15) is 0 Å². The summed E-state index contributed by atoms with van der Waals surface area (Å²) >= 11 is 3.55. The second-order valence-corrected chi connectivity index (χ2v) is 6.51. The lowest BCUT2D eigenvalue weighted by atomic mass is 9.84. The third-order valence-electron chi connectivity index (χ3n) is 4.21. The van der Waals surface area contributed by atoms with E-state index in [0.29, 0.717) is 6.04 Å². The second kappa shape index (κ2) is 6.72. The Morgan fingerprint density at radius 2 is 2.00 bits per heavy atom. The standard InChI is InChI=1S/C16H24BrN/c1-12-10-14(8-9-16(12)17)11-18-13(2)15-6-4-3-5-7-15/h8-10,13,15,18H,3-7,11H2,1-2H3. The molecule has 1 unspecified atom stereocenters. The molecule has 0 spiro atoms. The van der Waals surface area contributed by atoms with Crippen LogP contribution in [0.5, 0.6) is 0 Å². The van der Waals surface area contributed by atoms with Crippen LogP contribution < -0.4 is 5.32 Å². The maximum absolute atomic E-state index is 3.70. The largest absolute Gasteiger partial charge is 0.310 e. The summed E-state index contributed by atoms with van der Waals surface area (Å²) in [6.07, 6.45) is 7.11. The highest BCUT2D eigenvalue weighted by Gasteiger charge is 2.19. The van der Waals surface area contributed by atoms with Crippen LogP contribution in [0.4, 0.5) is 0 Å². The fraction of sp³-hybridized carbons (Fsp3) is 0.625. The van der Waals surface area contributed by atoms with E-state index in [-0.39, 0.29) is 0 Å². The molecule has 0 bridgehead atoms. The maximum Gasteiger partial charge on any atom is 0.0208 e. The molecule has 1 aliphatic carbocycles. The number of aryl methyl sites for hydroxylation is 1. The Labute approximate surface area is 119 Å². The van der Waals surface area contributed by atoms with Gasteiger partial charge in [0, 0.05) is 17.1 Å². The Hall–Kier alpha value is -0.340. The first-order valence-corrected chi connectivity index (χ1v) is 7.94. The minimum Gasteiger partial charge on any atom is -0.310 e. The molecule has 1 aliphatic rings. The van der Waals surface area contributed by atoms with Crippen LogP contribution in [0.25, 0.3) is 0 Å². The van der Waals surface area contributed by atoms with Crippen molar-refractivity contribution in [3.63, 3.8) is 0 Å². The van der Waals surface area contributed by atoms with E-state index in [1.165, 1.54) is 47.7 Å². The van der Waals surface area contributed by atoms with Crippen molar-refractivity contribution in [3.05, 3.63) is 33.8 Å². The van der Waals surface area contributed by atoms with Crippen molar-refractivity contribution in [1.82, 2.24) is 5.32 Å².